The molecule has 1 aromatic rings. The standard InChI is InChI=1S/C16H19Cl2N5O2/c1-22-4-6-23(7-5-22)16-20-13(9-14(24)21-16)15(25)19-12-3-2-10(17)8-11(12)18/h2-3,8,13H,4-7,9H2,1H3,(H,19,25)(H,20,21,24)/t13-/m0/s1. The largest absolute Gasteiger partial charge is 0.340 e. The molecule has 0 unspecified atom stereocenters. The molecule has 1 fully saturated rings. The summed E-state index contributed by atoms with van der Waals surface area (Å²) in [5.74, 6) is -0.122. The monoisotopic (exact) mass is 383 g/mol. The zero-order valence-corrected chi connectivity index (χ0v) is 15.3. The number of guanidine groups is 1. The molecule has 2 N–H and O–H groups in total. The Morgan fingerprint density at radius 3 is 2.68 bits per heavy atom. The van der Waals surface area contributed by atoms with Gasteiger partial charge in [-0.3, -0.25) is 14.9 Å². The molecule has 0 radical (unpaired) electrons. The third-order valence-electron chi connectivity index (χ3n) is 4.20. The second-order valence-electron chi connectivity index (χ2n) is 6.12. The van der Waals surface area contributed by atoms with Crippen molar-refractivity contribution in [3.63, 3.8) is 0 Å². The number of hydrogen-bond acceptors (Lipinski definition) is 5. The molecule has 2 heterocycles. The first kappa shape index (κ1) is 18.0. The molecule has 2 aliphatic rings. The first-order valence-corrected chi connectivity index (χ1v) is 8.75. The summed E-state index contributed by atoms with van der Waals surface area (Å²) in [6, 6.07) is 4.02. The molecule has 25 heavy (non-hydrogen) atoms. The second-order valence-corrected chi connectivity index (χ2v) is 6.97. The molecule has 0 saturated carbocycles. The molecule has 0 aromatic heterocycles. The van der Waals surface area contributed by atoms with E-state index in [1.165, 1.54) is 0 Å². The maximum absolute atomic E-state index is 12.5. The molecule has 0 aliphatic carbocycles. The number of nitrogens with zero attached hydrogens (tertiary/aromatic N) is 3. The van der Waals surface area contributed by atoms with E-state index in [2.05, 4.69) is 20.5 Å². The lowest BCUT2D eigenvalue weighted by atomic mass is 10.1. The van der Waals surface area contributed by atoms with E-state index in [4.69, 9.17) is 23.2 Å². The first-order chi connectivity index (χ1) is 11.9. The minimum absolute atomic E-state index is 0.00822. The average Bonchev–Trinajstić information content (AvgIpc) is 2.57. The van der Waals surface area contributed by atoms with E-state index in [9.17, 15) is 9.59 Å². The third-order valence-corrected chi connectivity index (χ3v) is 4.75. The van der Waals surface area contributed by atoms with E-state index in [0.717, 1.165) is 26.2 Å². The van der Waals surface area contributed by atoms with Crippen molar-refractivity contribution in [1.82, 2.24) is 15.1 Å². The Bertz CT molecular complexity index is 716. The van der Waals surface area contributed by atoms with Gasteiger partial charge in [0.25, 0.3) is 0 Å². The highest BCUT2D eigenvalue weighted by Gasteiger charge is 2.30. The number of carbonyl (C=O) groups excluding carboxylic acids is 2. The highest BCUT2D eigenvalue weighted by Crippen LogP contribution is 2.26. The van der Waals surface area contributed by atoms with Crippen LogP contribution in [0.1, 0.15) is 6.42 Å². The van der Waals surface area contributed by atoms with Crippen LogP contribution in [0.3, 0.4) is 0 Å². The summed E-state index contributed by atoms with van der Waals surface area (Å²) in [6.45, 7) is 3.28. The molecule has 1 saturated heterocycles. The zero-order chi connectivity index (χ0) is 18.0. The second kappa shape index (κ2) is 7.59. The maximum atomic E-state index is 12.5. The number of halogens is 2. The quantitative estimate of drug-likeness (QED) is 0.809. The molecular weight excluding hydrogens is 365 g/mol. The molecule has 0 spiro atoms. The summed E-state index contributed by atoms with van der Waals surface area (Å²) in [5, 5.41) is 6.30. The smallest absolute Gasteiger partial charge is 0.249 e. The summed E-state index contributed by atoms with van der Waals surface area (Å²) >= 11 is 11.9. The van der Waals surface area contributed by atoms with Crippen LogP contribution in [0.2, 0.25) is 10.0 Å². The Morgan fingerprint density at radius 2 is 2.00 bits per heavy atom. The lowest BCUT2D eigenvalue weighted by Crippen LogP contribution is -2.55. The van der Waals surface area contributed by atoms with Crippen molar-refractivity contribution in [3.05, 3.63) is 28.2 Å². The van der Waals surface area contributed by atoms with Crippen LogP contribution in [0.15, 0.2) is 23.2 Å². The molecule has 7 nitrogen and oxygen atoms in total. The minimum Gasteiger partial charge on any atom is -0.340 e. The van der Waals surface area contributed by atoms with Crippen LogP contribution in [0.5, 0.6) is 0 Å². The number of rotatable bonds is 2. The van der Waals surface area contributed by atoms with Gasteiger partial charge in [0, 0.05) is 31.2 Å². The number of carbonyl (C=O) groups is 2. The van der Waals surface area contributed by atoms with E-state index in [-0.39, 0.29) is 18.2 Å². The molecule has 2 aliphatic heterocycles. The molecular formula is C16H19Cl2N5O2. The van der Waals surface area contributed by atoms with Crippen molar-refractivity contribution in [2.24, 2.45) is 4.99 Å². The van der Waals surface area contributed by atoms with E-state index >= 15 is 0 Å². The number of nitrogens with one attached hydrogen (secondary N) is 2. The van der Waals surface area contributed by atoms with Crippen LogP contribution < -0.4 is 10.6 Å². The van der Waals surface area contributed by atoms with Gasteiger partial charge in [-0.25, -0.2) is 4.99 Å². The Balaban J connectivity index is 1.72. The number of anilines is 1. The number of aliphatic imine (C=N–C) groups is 1. The Kier molecular flexibility index (Phi) is 5.46. The molecule has 0 bridgehead atoms. The summed E-state index contributed by atoms with van der Waals surface area (Å²) in [7, 11) is 2.05. The highest BCUT2D eigenvalue weighted by atomic mass is 35.5. The van der Waals surface area contributed by atoms with Gasteiger partial charge >= 0.3 is 0 Å². The SMILES string of the molecule is CN1CCN(C2=N[C@H](C(=O)Nc3ccc(Cl)cc3Cl)CC(=O)N2)CC1. The van der Waals surface area contributed by atoms with Gasteiger partial charge in [0.2, 0.25) is 17.8 Å². The van der Waals surface area contributed by atoms with Gasteiger partial charge in [0.15, 0.2) is 0 Å². The van der Waals surface area contributed by atoms with E-state index in [1.54, 1.807) is 18.2 Å². The molecule has 9 heteroatoms. The van der Waals surface area contributed by atoms with E-state index < -0.39 is 6.04 Å². The van der Waals surface area contributed by atoms with Crippen molar-refractivity contribution < 1.29 is 9.59 Å². The fourth-order valence-electron chi connectivity index (χ4n) is 2.71. The topological polar surface area (TPSA) is 77.0 Å². The van der Waals surface area contributed by atoms with E-state index in [1.807, 2.05) is 11.9 Å². The summed E-state index contributed by atoms with van der Waals surface area (Å²) < 4.78 is 0. The highest BCUT2D eigenvalue weighted by molar-refractivity contribution is 6.36. The van der Waals surface area contributed by atoms with Crippen molar-refractivity contribution in [1.29, 1.82) is 0 Å². The van der Waals surface area contributed by atoms with Gasteiger partial charge in [-0.15, -0.1) is 0 Å². The van der Waals surface area contributed by atoms with Gasteiger partial charge in [-0.2, -0.15) is 0 Å². The Labute approximate surface area is 156 Å². The summed E-state index contributed by atoms with van der Waals surface area (Å²) in [6.07, 6.45) is 0.00822. The Morgan fingerprint density at radius 1 is 1.28 bits per heavy atom. The zero-order valence-electron chi connectivity index (χ0n) is 13.8. The molecule has 2 amide bonds. The van der Waals surface area contributed by atoms with Gasteiger partial charge in [0.1, 0.15) is 6.04 Å². The fourth-order valence-corrected chi connectivity index (χ4v) is 3.17. The summed E-state index contributed by atoms with van der Waals surface area (Å²) in [5.41, 5.74) is 0.443. The van der Waals surface area contributed by atoms with Crippen molar-refractivity contribution in [3.8, 4) is 0 Å². The van der Waals surface area contributed by atoms with Crippen molar-refractivity contribution in [2.75, 3.05) is 38.5 Å². The van der Waals surface area contributed by atoms with Crippen LogP contribution in [-0.2, 0) is 9.59 Å². The van der Waals surface area contributed by atoms with Crippen molar-refractivity contribution in [2.45, 2.75) is 12.5 Å². The molecule has 134 valence electrons. The minimum atomic E-state index is -0.782. The lowest BCUT2D eigenvalue weighted by molar-refractivity contribution is -0.125. The number of hydrogen-bond donors (Lipinski definition) is 2. The lowest BCUT2D eigenvalue weighted by Gasteiger charge is -2.36. The third kappa shape index (κ3) is 4.42. The van der Waals surface area contributed by atoms with Crippen LogP contribution in [0, 0.1) is 0 Å². The van der Waals surface area contributed by atoms with Crippen LogP contribution in [0.4, 0.5) is 5.69 Å². The molecule has 1 aromatic carbocycles. The normalized spacial score (nSPS) is 21.6. The van der Waals surface area contributed by atoms with E-state index in [0.29, 0.717) is 21.7 Å². The van der Waals surface area contributed by atoms with Crippen LogP contribution >= 0.6 is 23.2 Å². The first-order valence-electron chi connectivity index (χ1n) is 7.99. The predicted octanol–water partition coefficient (Wildman–Crippen LogP) is 1.42. The van der Waals surface area contributed by atoms with Crippen molar-refractivity contribution >= 4 is 46.7 Å². The Hall–Kier alpha value is -1.83. The number of piperazine rings is 1. The van der Waals surface area contributed by atoms with Gasteiger partial charge in [-0.1, -0.05) is 23.2 Å². The predicted molar refractivity (Wildman–Crippen MR) is 98.1 cm³/mol. The van der Waals surface area contributed by atoms with Gasteiger partial charge in [-0.05, 0) is 25.2 Å². The average molecular weight is 384 g/mol. The van der Waals surface area contributed by atoms with Crippen LogP contribution in [0.25, 0.3) is 0 Å². The fraction of sp³-hybridized carbons (Fsp3) is 0.438. The van der Waals surface area contributed by atoms with Gasteiger partial charge in [0.05, 0.1) is 17.1 Å². The number of amides is 2. The molecule has 3 rings (SSSR count). The van der Waals surface area contributed by atoms with Gasteiger partial charge < -0.3 is 15.1 Å². The molecule has 1 atom stereocenters. The van der Waals surface area contributed by atoms with Crippen LogP contribution in [-0.4, -0.2) is 66.8 Å². The number of likely N-dealkylation sites (N-methyl/N-ethyl adjacent to an activating group) is 1. The number of benzene rings is 1. The summed E-state index contributed by atoms with van der Waals surface area (Å²) in [4.78, 5) is 33.2. The maximum Gasteiger partial charge on any atom is 0.249 e.